The molecule has 1 aromatic heterocycles. The SMILES string of the molecule is COc1c(O)ccc2c1-c1ccc3c(c1/C(=C/c1sccc1C(=O)N1CCCCC1)O2)C(C)=CC(C)(C)N3. The third-order valence-electron chi connectivity index (χ3n) is 7.50. The van der Waals surface area contributed by atoms with Crippen molar-refractivity contribution in [3.63, 3.8) is 0 Å². The van der Waals surface area contributed by atoms with E-state index in [1.165, 1.54) is 6.42 Å². The van der Waals surface area contributed by atoms with Gasteiger partial charge < -0.3 is 24.8 Å². The zero-order valence-electron chi connectivity index (χ0n) is 22.2. The molecule has 38 heavy (non-hydrogen) atoms. The number of ether oxygens (including phenoxy) is 2. The number of hydrogen-bond donors (Lipinski definition) is 2. The van der Waals surface area contributed by atoms with Gasteiger partial charge in [0, 0.05) is 40.3 Å². The van der Waals surface area contributed by atoms with Crippen molar-refractivity contribution in [3.05, 3.63) is 63.4 Å². The van der Waals surface area contributed by atoms with Crippen molar-refractivity contribution in [2.75, 3.05) is 25.5 Å². The molecule has 3 aliphatic heterocycles. The maximum absolute atomic E-state index is 13.4. The molecule has 0 radical (unpaired) electrons. The first-order valence-corrected chi connectivity index (χ1v) is 14.0. The van der Waals surface area contributed by atoms with Crippen LogP contribution in [0.2, 0.25) is 0 Å². The number of anilines is 1. The van der Waals surface area contributed by atoms with Gasteiger partial charge in [0.25, 0.3) is 5.91 Å². The Hall–Kier alpha value is -3.71. The molecule has 4 heterocycles. The fraction of sp³-hybridized carbons (Fsp3) is 0.323. The second kappa shape index (κ2) is 9.24. The Morgan fingerprint density at radius 2 is 1.89 bits per heavy atom. The topological polar surface area (TPSA) is 71.0 Å². The Labute approximate surface area is 227 Å². The lowest BCUT2D eigenvalue weighted by Crippen LogP contribution is -2.35. The van der Waals surface area contributed by atoms with Gasteiger partial charge in [-0.3, -0.25) is 4.79 Å². The summed E-state index contributed by atoms with van der Waals surface area (Å²) in [6, 6.07) is 9.41. The summed E-state index contributed by atoms with van der Waals surface area (Å²) in [5.41, 5.74) is 6.26. The Kier molecular flexibility index (Phi) is 5.99. The molecule has 0 unspecified atom stereocenters. The number of methoxy groups -OCH3 is 1. The number of nitrogens with one attached hydrogen (secondary N) is 1. The highest BCUT2D eigenvalue weighted by molar-refractivity contribution is 7.11. The molecule has 1 amide bonds. The Balaban J connectivity index is 1.55. The lowest BCUT2D eigenvalue weighted by molar-refractivity contribution is 0.0724. The average molecular weight is 529 g/mol. The number of phenolic OH excluding ortho intramolecular Hbond substituents is 1. The summed E-state index contributed by atoms with van der Waals surface area (Å²) in [7, 11) is 1.55. The van der Waals surface area contributed by atoms with E-state index in [-0.39, 0.29) is 17.2 Å². The number of carbonyl (C=O) groups excluding carboxylic acids is 1. The third-order valence-corrected chi connectivity index (χ3v) is 8.37. The van der Waals surface area contributed by atoms with Gasteiger partial charge in [0.05, 0.1) is 23.8 Å². The van der Waals surface area contributed by atoms with Gasteiger partial charge in [0.1, 0.15) is 11.5 Å². The summed E-state index contributed by atoms with van der Waals surface area (Å²) in [5, 5.41) is 16.2. The highest BCUT2D eigenvalue weighted by Crippen LogP contribution is 2.54. The molecule has 2 aromatic carbocycles. The number of thiophene rings is 1. The van der Waals surface area contributed by atoms with E-state index < -0.39 is 0 Å². The van der Waals surface area contributed by atoms with E-state index in [1.54, 1.807) is 30.6 Å². The fourth-order valence-corrected chi connectivity index (χ4v) is 6.75. The van der Waals surface area contributed by atoms with E-state index >= 15 is 0 Å². The smallest absolute Gasteiger partial charge is 0.255 e. The lowest BCUT2D eigenvalue weighted by Gasteiger charge is -2.35. The number of phenols is 1. The first-order valence-electron chi connectivity index (χ1n) is 13.1. The maximum atomic E-state index is 13.4. The first-order chi connectivity index (χ1) is 18.3. The van der Waals surface area contributed by atoms with Crippen LogP contribution in [0, 0.1) is 0 Å². The van der Waals surface area contributed by atoms with Crippen LogP contribution < -0.4 is 14.8 Å². The van der Waals surface area contributed by atoms with Gasteiger partial charge in [-0.1, -0.05) is 12.1 Å². The second-order valence-corrected chi connectivity index (χ2v) is 11.7. The Morgan fingerprint density at radius 3 is 2.66 bits per heavy atom. The monoisotopic (exact) mass is 528 g/mol. The molecule has 3 aliphatic rings. The van der Waals surface area contributed by atoms with Crippen molar-refractivity contribution >= 4 is 40.3 Å². The van der Waals surface area contributed by atoms with Crippen LogP contribution in [0.15, 0.2) is 41.8 Å². The van der Waals surface area contributed by atoms with E-state index in [1.807, 2.05) is 22.4 Å². The normalized spacial score (nSPS) is 18.5. The zero-order valence-corrected chi connectivity index (χ0v) is 23.0. The van der Waals surface area contributed by atoms with E-state index in [0.29, 0.717) is 22.8 Å². The lowest BCUT2D eigenvalue weighted by atomic mass is 9.83. The summed E-state index contributed by atoms with van der Waals surface area (Å²) >= 11 is 1.54. The second-order valence-electron chi connectivity index (χ2n) is 10.7. The van der Waals surface area contributed by atoms with Crippen LogP contribution in [0.5, 0.6) is 17.2 Å². The number of allylic oxidation sites excluding steroid dienone is 1. The van der Waals surface area contributed by atoms with Crippen molar-refractivity contribution in [1.29, 1.82) is 0 Å². The molecule has 0 saturated carbocycles. The molecule has 1 fully saturated rings. The van der Waals surface area contributed by atoms with Gasteiger partial charge in [-0.25, -0.2) is 0 Å². The van der Waals surface area contributed by atoms with Gasteiger partial charge in [-0.05, 0) is 81.3 Å². The Morgan fingerprint density at radius 1 is 1.11 bits per heavy atom. The number of benzene rings is 2. The average Bonchev–Trinajstić information content (AvgIpc) is 3.36. The number of fused-ring (bicyclic) bond motifs is 5. The summed E-state index contributed by atoms with van der Waals surface area (Å²) in [4.78, 5) is 16.3. The van der Waals surface area contributed by atoms with Crippen molar-refractivity contribution in [2.45, 2.75) is 45.6 Å². The summed E-state index contributed by atoms with van der Waals surface area (Å²) in [5.74, 6) is 1.79. The van der Waals surface area contributed by atoms with Crippen molar-refractivity contribution < 1.29 is 19.4 Å². The molecule has 6 rings (SSSR count). The molecule has 196 valence electrons. The molecule has 1 saturated heterocycles. The number of hydrogen-bond acceptors (Lipinski definition) is 6. The number of likely N-dealkylation sites (tertiary alicyclic amines) is 1. The molecular weight excluding hydrogens is 496 g/mol. The molecule has 3 aromatic rings. The first kappa shape index (κ1) is 24.6. The predicted octanol–water partition coefficient (Wildman–Crippen LogP) is 7.25. The minimum Gasteiger partial charge on any atom is -0.504 e. The van der Waals surface area contributed by atoms with Crippen LogP contribution in [0.25, 0.3) is 28.5 Å². The van der Waals surface area contributed by atoms with Gasteiger partial charge in [0.15, 0.2) is 11.5 Å². The van der Waals surface area contributed by atoms with E-state index in [2.05, 4.69) is 44.3 Å². The van der Waals surface area contributed by atoms with Gasteiger partial charge in [-0.15, -0.1) is 11.3 Å². The summed E-state index contributed by atoms with van der Waals surface area (Å²) < 4.78 is 12.2. The van der Waals surface area contributed by atoms with Crippen LogP contribution in [-0.4, -0.2) is 41.7 Å². The Bertz CT molecular complexity index is 1510. The highest BCUT2D eigenvalue weighted by Gasteiger charge is 2.34. The molecule has 6 nitrogen and oxygen atoms in total. The van der Waals surface area contributed by atoms with Crippen LogP contribution in [0.4, 0.5) is 5.69 Å². The van der Waals surface area contributed by atoms with Gasteiger partial charge >= 0.3 is 0 Å². The van der Waals surface area contributed by atoms with Crippen LogP contribution in [0.3, 0.4) is 0 Å². The number of rotatable bonds is 3. The standard InChI is InChI=1S/C31H32N2O4S/c1-18-17-31(2,3)32-21-9-8-20-27(26(18)21)24(37-23-11-10-22(34)29(36-4)28(20)23)16-25-19(12-15-38-25)30(35)33-13-6-5-7-14-33/h8-12,15-17,32,34H,5-7,13-14H2,1-4H3/b24-16-. The van der Waals surface area contributed by atoms with E-state index in [0.717, 1.165) is 64.3 Å². The molecule has 2 N–H and O–H groups in total. The maximum Gasteiger partial charge on any atom is 0.255 e. The van der Waals surface area contributed by atoms with Gasteiger partial charge in [0.2, 0.25) is 0 Å². The van der Waals surface area contributed by atoms with Crippen LogP contribution in [0.1, 0.15) is 66.4 Å². The molecule has 0 atom stereocenters. The number of aromatic hydroxyl groups is 1. The van der Waals surface area contributed by atoms with Gasteiger partial charge in [-0.2, -0.15) is 0 Å². The molecule has 0 aliphatic carbocycles. The number of nitrogens with zero attached hydrogens (tertiary/aromatic N) is 1. The zero-order chi connectivity index (χ0) is 26.6. The molecular formula is C31H32N2O4S. The quantitative estimate of drug-likeness (QED) is 0.375. The molecule has 0 bridgehead atoms. The number of amides is 1. The number of carbonyl (C=O) groups is 1. The fourth-order valence-electron chi connectivity index (χ4n) is 5.94. The summed E-state index contributed by atoms with van der Waals surface area (Å²) in [6.45, 7) is 8.02. The number of piperidine rings is 1. The van der Waals surface area contributed by atoms with Crippen molar-refractivity contribution in [3.8, 4) is 28.4 Å². The van der Waals surface area contributed by atoms with Crippen LogP contribution in [-0.2, 0) is 0 Å². The van der Waals surface area contributed by atoms with E-state index in [9.17, 15) is 9.90 Å². The predicted molar refractivity (Wildman–Crippen MR) is 154 cm³/mol. The minimum atomic E-state index is -0.194. The molecule has 0 spiro atoms. The largest absolute Gasteiger partial charge is 0.504 e. The third kappa shape index (κ3) is 4.06. The van der Waals surface area contributed by atoms with E-state index in [4.69, 9.17) is 9.47 Å². The minimum absolute atomic E-state index is 0.0603. The van der Waals surface area contributed by atoms with Crippen LogP contribution >= 0.6 is 11.3 Å². The van der Waals surface area contributed by atoms with Crippen molar-refractivity contribution in [1.82, 2.24) is 4.90 Å². The van der Waals surface area contributed by atoms with Crippen molar-refractivity contribution in [2.24, 2.45) is 0 Å². The molecule has 7 heteroatoms. The highest BCUT2D eigenvalue weighted by atomic mass is 32.1. The summed E-state index contributed by atoms with van der Waals surface area (Å²) in [6.07, 6.45) is 7.50.